The molecule has 5 heteroatoms. The van der Waals surface area contributed by atoms with Gasteiger partial charge >= 0.3 is 17.1 Å². The molecule has 4 aromatic carbocycles. The van der Waals surface area contributed by atoms with Crippen molar-refractivity contribution < 1.29 is 17.1 Å². The van der Waals surface area contributed by atoms with Crippen molar-refractivity contribution in [2.24, 2.45) is 0 Å². The maximum atomic E-state index is 5.58. The van der Waals surface area contributed by atoms with E-state index in [4.69, 9.17) is 20.6 Å². The largest absolute Gasteiger partial charge is 2.00 e. The molecule has 267 valence electrons. The Labute approximate surface area is 323 Å². The molecular weight excluding hydrogens is 696 g/mol. The molecule has 53 heavy (non-hydrogen) atoms. The van der Waals surface area contributed by atoms with E-state index in [1.807, 2.05) is 0 Å². The molecule has 1 radical (unpaired) electrons. The summed E-state index contributed by atoms with van der Waals surface area (Å²) in [6.07, 6.45) is 3.55. The Morgan fingerprint density at radius 1 is 0.396 bits per heavy atom. The topological polar surface area (TPSA) is 56.4 Å². The molecule has 2 saturated heterocycles. The zero-order valence-corrected chi connectivity index (χ0v) is 31.6. The van der Waals surface area contributed by atoms with E-state index in [1.54, 1.807) is 0 Å². The van der Waals surface area contributed by atoms with E-state index < -0.39 is 0 Å². The van der Waals surface area contributed by atoms with Crippen LogP contribution in [0.3, 0.4) is 0 Å². The molecule has 6 aromatic rings. The molecule has 9 rings (SSSR count). The number of rotatable bonds is 4. The SMILES string of the molecule is Cc1ccc(/C2=C3\CCC([N-]3)/C(c3ccc(C)cc3)=c3/cc/c([n-]3)=C(\c3ccc(C)cc3)C3CC/C(=C(\c4ccc(C)cc4)c4ccc2[n-]4)[N-]3)cc1.[Cu+2]. The van der Waals surface area contributed by atoms with Gasteiger partial charge in [0.05, 0.1) is 0 Å². The Morgan fingerprint density at radius 3 is 1.09 bits per heavy atom. The van der Waals surface area contributed by atoms with E-state index in [0.717, 1.165) is 81.4 Å². The van der Waals surface area contributed by atoms with Gasteiger partial charge in [0.1, 0.15) is 0 Å². The molecule has 5 heterocycles. The van der Waals surface area contributed by atoms with Crippen LogP contribution in [0.15, 0.2) is 133 Å². The van der Waals surface area contributed by atoms with Crippen LogP contribution in [0.5, 0.6) is 0 Å². The third-order valence-electron chi connectivity index (χ3n) is 10.9. The Bertz CT molecular complexity index is 2300. The van der Waals surface area contributed by atoms with Crippen LogP contribution >= 0.6 is 0 Å². The number of nitrogens with zero attached hydrogens (tertiary/aromatic N) is 4. The van der Waals surface area contributed by atoms with Gasteiger partial charge in [-0.2, -0.15) is 11.4 Å². The Kier molecular flexibility index (Phi) is 9.41. The molecule has 0 aliphatic carbocycles. The molecule has 3 aliphatic heterocycles. The molecule has 8 bridgehead atoms. The van der Waals surface area contributed by atoms with Crippen LogP contribution in [0.2, 0.25) is 0 Å². The molecule has 0 N–H and O–H groups in total. The summed E-state index contributed by atoms with van der Waals surface area (Å²) in [5.41, 5.74) is 18.3. The van der Waals surface area contributed by atoms with Crippen LogP contribution in [-0.4, -0.2) is 12.1 Å². The van der Waals surface area contributed by atoms with Crippen molar-refractivity contribution in [2.75, 3.05) is 0 Å². The fourth-order valence-corrected chi connectivity index (χ4v) is 8.13. The summed E-state index contributed by atoms with van der Waals surface area (Å²) < 4.78 is 0. The minimum atomic E-state index is -0.0307. The molecule has 2 fully saturated rings. The summed E-state index contributed by atoms with van der Waals surface area (Å²) in [4.78, 5) is 10.9. The zero-order chi connectivity index (χ0) is 35.3. The molecule has 0 amide bonds. The molecule has 0 saturated carbocycles. The summed E-state index contributed by atoms with van der Waals surface area (Å²) in [6, 6.07) is 44.2. The van der Waals surface area contributed by atoms with Crippen molar-refractivity contribution in [2.45, 2.75) is 65.5 Å². The number of aryl methyl sites for hydroxylation is 4. The summed E-state index contributed by atoms with van der Waals surface area (Å²) in [6.45, 7) is 8.56. The smallest absolute Gasteiger partial charge is 0.681 e. The van der Waals surface area contributed by atoms with Gasteiger partial charge in [0, 0.05) is 0 Å². The monoisotopic (exact) mass is 737 g/mol. The summed E-state index contributed by atoms with van der Waals surface area (Å²) in [5, 5.41) is 13.2. The predicted octanol–water partition coefficient (Wildman–Crippen LogP) is 9.53. The van der Waals surface area contributed by atoms with Crippen molar-refractivity contribution >= 4 is 22.3 Å². The molecule has 2 aromatic heterocycles. The summed E-state index contributed by atoms with van der Waals surface area (Å²) >= 11 is 0. The van der Waals surface area contributed by atoms with Gasteiger partial charge < -0.3 is 20.6 Å². The van der Waals surface area contributed by atoms with Gasteiger partial charge in [-0.3, -0.25) is 0 Å². The average molecular weight is 738 g/mol. The summed E-state index contributed by atoms with van der Waals surface area (Å²) in [5.74, 6) is 0. The van der Waals surface area contributed by atoms with Crippen LogP contribution in [-0.2, 0) is 17.1 Å². The number of allylic oxidation sites excluding steroid dienone is 2. The minimum Gasteiger partial charge on any atom is -0.681 e. The molecular formula is C48H42CuN4-2. The number of aromatic nitrogens is 2. The van der Waals surface area contributed by atoms with Crippen molar-refractivity contribution in [1.82, 2.24) is 9.97 Å². The Balaban J connectivity index is 0.00000400. The first-order valence-corrected chi connectivity index (χ1v) is 18.6. The number of hydrogen-bond donors (Lipinski definition) is 0. The van der Waals surface area contributed by atoms with Crippen LogP contribution < -0.4 is 20.7 Å². The average Bonchev–Trinajstić information content (AvgIpc) is 3.99. The second-order valence-corrected chi connectivity index (χ2v) is 14.7. The molecule has 3 aliphatic rings. The van der Waals surface area contributed by atoms with Crippen LogP contribution in [0, 0.1) is 27.7 Å². The Morgan fingerprint density at radius 2 is 0.736 bits per heavy atom. The first-order chi connectivity index (χ1) is 25.4. The fraction of sp³-hybridized carbons (Fsp3) is 0.208. The van der Waals surface area contributed by atoms with Crippen molar-refractivity contribution in [3.63, 3.8) is 0 Å². The van der Waals surface area contributed by atoms with Gasteiger partial charge in [0.2, 0.25) is 0 Å². The first kappa shape index (κ1) is 34.8. The normalized spacial score (nSPS) is 22.9. The maximum absolute atomic E-state index is 5.58. The van der Waals surface area contributed by atoms with Crippen molar-refractivity contribution in [3.8, 4) is 0 Å². The second kappa shape index (κ2) is 14.3. The van der Waals surface area contributed by atoms with Crippen LogP contribution in [0.1, 0.15) is 81.6 Å². The number of hydrogen-bond acceptors (Lipinski definition) is 0. The first-order valence-electron chi connectivity index (χ1n) is 18.6. The second-order valence-electron chi connectivity index (χ2n) is 14.7. The molecule has 2 unspecified atom stereocenters. The predicted molar refractivity (Wildman–Crippen MR) is 213 cm³/mol. The van der Waals surface area contributed by atoms with Gasteiger partial charge in [0.15, 0.2) is 0 Å². The van der Waals surface area contributed by atoms with Crippen LogP contribution in [0.4, 0.5) is 0 Å². The van der Waals surface area contributed by atoms with Crippen molar-refractivity contribution in [3.05, 3.63) is 210 Å². The van der Waals surface area contributed by atoms with Gasteiger partial charge in [-0.05, 0) is 62.8 Å². The molecule has 0 spiro atoms. The van der Waals surface area contributed by atoms with Gasteiger partial charge in [-0.1, -0.05) is 191 Å². The van der Waals surface area contributed by atoms with E-state index in [2.05, 4.69) is 149 Å². The summed E-state index contributed by atoms with van der Waals surface area (Å²) in [7, 11) is 0. The Hall–Kier alpha value is -5.22. The van der Waals surface area contributed by atoms with E-state index >= 15 is 0 Å². The van der Waals surface area contributed by atoms with Gasteiger partial charge in [0.25, 0.3) is 0 Å². The minimum absolute atomic E-state index is 0. The van der Waals surface area contributed by atoms with Gasteiger partial charge in [-0.25, -0.2) is 0 Å². The third-order valence-corrected chi connectivity index (χ3v) is 10.9. The molecule has 2 atom stereocenters. The molecule has 4 nitrogen and oxygen atoms in total. The van der Waals surface area contributed by atoms with Gasteiger partial charge in [-0.15, -0.1) is 22.1 Å². The zero-order valence-electron chi connectivity index (χ0n) is 30.6. The van der Waals surface area contributed by atoms with E-state index in [0.29, 0.717) is 0 Å². The van der Waals surface area contributed by atoms with Crippen molar-refractivity contribution in [1.29, 1.82) is 0 Å². The fourth-order valence-electron chi connectivity index (χ4n) is 8.13. The number of fused-ring (bicyclic) bond motifs is 8. The third kappa shape index (κ3) is 6.65. The van der Waals surface area contributed by atoms with E-state index in [9.17, 15) is 0 Å². The standard InChI is InChI=1S/C48H42N4.Cu/c1-29-5-13-33(14-6-29)45-37-21-23-39(49-37)46(34-15-7-30(2)8-16-34)41-25-27-43(51-41)48(36-19-11-32(4)12-20-36)44-28-26-42(52-44)47(40-24-22-38(45)50-40)35-17-9-31(3)10-18-35;/h5-21,23,26,28,38,41H,22,24-25,27H2,1-4H3;/q-4;+2/b45-37-,46-39-,47-40-,48-43-;. The number of benzene rings is 4. The maximum Gasteiger partial charge on any atom is 2.00 e. The van der Waals surface area contributed by atoms with E-state index in [-0.39, 0.29) is 29.2 Å². The quantitative estimate of drug-likeness (QED) is 0.169. The van der Waals surface area contributed by atoms with Crippen LogP contribution in [0.25, 0.3) is 32.9 Å². The van der Waals surface area contributed by atoms with E-state index in [1.165, 1.54) is 44.5 Å².